The number of nitrogens with zero attached hydrogens (tertiary/aromatic N) is 1. The van der Waals surface area contributed by atoms with Crippen molar-refractivity contribution in [3.63, 3.8) is 0 Å². The van der Waals surface area contributed by atoms with Crippen LogP contribution < -0.4 is 0 Å². The van der Waals surface area contributed by atoms with Gasteiger partial charge in [0.1, 0.15) is 0 Å². The van der Waals surface area contributed by atoms with E-state index in [1.165, 1.54) is 0 Å². The molecule has 0 aliphatic rings. The largest absolute Gasteiger partial charge is 0.481 e. The van der Waals surface area contributed by atoms with E-state index in [0.717, 1.165) is 21.1 Å². The third-order valence-corrected chi connectivity index (χ3v) is 2.85. The fourth-order valence-electron chi connectivity index (χ4n) is 1.50. The zero-order valence-corrected chi connectivity index (χ0v) is 9.41. The molecule has 4 nitrogen and oxygen atoms in total. The standard InChI is InChI=1S/C10H9BrN2O2/c11-6-2-1-3-7-10(6)8(13-12-7)4-5-9(14)15/h1-3H,4-5H2,(H,12,13)(H,14,15). The molecule has 0 amide bonds. The second-order valence-electron chi connectivity index (χ2n) is 3.23. The van der Waals surface area contributed by atoms with Gasteiger partial charge in [0, 0.05) is 22.0 Å². The van der Waals surface area contributed by atoms with Gasteiger partial charge in [-0.1, -0.05) is 22.0 Å². The zero-order valence-electron chi connectivity index (χ0n) is 7.83. The summed E-state index contributed by atoms with van der Waals surface area (Å²) in [5, 5.41) is 16.6. The Morgan fingerprint density at radius 2 is 2.33 bits per heavy atom. The van der Waals surface area contributed by atoms with Gasteiger partial charge in [-0.25, -0.2) is 0 Å². The number of fused-ring (bicyclic) bond motifs is 1. The fraction of sp³-hybridized carbons (Fsp3) is 0.200. The van der Waals surface area contributed by atoms with Gasteiger partial charge in [0.05, 0.1) is 11.9 Å². The van der Waals surface area contributed by atoms with Gasteiger partial charge in [-0.3, -0.25) is 9.89 Å². The third-order valence-electron chi connectivity index (χ3n) is 2.19. The molecule has 78 valence electrons. The van der Waals surface area contributed by atoms with E-state index in [0.29, 0.717) is 6.42 Å². The molecule has 0 aliphatic heterocycles. The number of rotatable bonds is 3. The average Bonchev–Trinajstić information content (AvgIpc) is 2.59. The van der Waals surface area contributed by atoms with Crippen molar-refractivity contribution in [2.75, 3.05) is 0 Å². The minimum Gasteiger partial charge on any atom is -0.481 e. The molecule has 1 aromatic carbocycles. The smallest absolute Gasteiger partial charge is 0.303 e. The van der Waals surface area contributed by atoms with E-state index in [1.807, 2.05) is 18.2 Å². The molecule has 0 aliphatic carbocycles. The molecule has 0 saturated heterocycles. The van der Waals surface area contributed by atoms with E-state index in [1.54, 1.807) is 0 Å². The van der Waals surface area contributed by atoms with Gasteiger partial charge in [0.2, 0.25) is 0 Å². The second kappa shape index (κ2) is 4.02. The summed E-state index contributed by atoms with van der Waals surface area (Å²) in [7, 11) is 0. The lowest BCUT2D eigenvalue weighted by Crippen LogP contribution is -1.98. The number of nitrogens with one attached hydrogen (secondary N) is 1. The van der Waals surface area contributed by atoms with Crippen molar-refractivity contribution in [3.05, 3.63) is 28.4 Å². The number of carboxylic acids is 1. The van der Waals surface area contributed by atoms with Gasteiger partial charge in [0.25, 0.3) is 0 Å². The first-order valence-corrected chi connectivity index (χ1v) is 5.31. The predicted octanol–water partition coefficient (Wildman–Crippen LogP) is 2.34. The molecule has 5 heteroatoms. The summed E-state index contributed by atoms with van der Waals surface area (Å²) in [6.45, 7) is 0. The van der Waals surface area contributed by atoms with Crippen LogP contribution in [0, 0.1) is 0 Å². The molecular formula is C10H9BrN2O2. The Morgan fingerprint density at radius 1 is 1.53 bits per heavy atom. The summed E-state index contributed by atoms with van der Waals surface area (Å²) in [5.74, 6) is -0.801. The Hall–Kier alpha value is -1.36. The lowest BCUT2D eigenvalue weighted by atomic mass is 10.1. The highest BCUT2D eigenvalue weighted by molar-refractivity contribution is 9.10. The highest BCUT2D eigenvalue weighted by atomic mass is 79.9. The highest BCUT2D eigenvalue weighted by Gasteiger charge is 2.09. The first-order valence-electron chi connectivity index (χ1n) is 4.52. The number of halogens is 1. The van der Waals surface area contributed by atoms with Gasteiger partial charge in [-0.2, -0.15) is 5.10 Å². The van der Waals surface area contributed by atoms with Crippen LogP contribution >= 0.6 is 15.9 Å². The molecule has 0 fully saturated rings. The minimum absolute atomic E-state index is 0.110. The van der Waals surface area contributed by atoms with Crippen LogP contribution in [0.1, 0.15) is 12.1 Å². The minimum atomic E-state index is -0.801. The molecule has 0 atom stereocenters. The van der Waals surface area contributed by atoms with E-state index in [4.69, 9.17) is 5.11 Å². The van der Waals surface area contributed by atoms with Gasteiger partial charge in [-0.05, 0) is 12.1 Å². The van der Waals surface area contributed by atoms with Crippen molar-refractivity contribution >= 4 is 32.8 Å². The second-order valence-corrected chi connectivity index (χ2v) is 4.08. The SMILES string of the molecule is O=C(O)CCc1[nH]nc2cccc(Br)c12. The molecule has 2 rings (SSSR count). The van der Waals surface area contributed by atoms with Crippen molar-refractivity contribution in [1.29, 1.82) is 0 Å². The van der Waals surface area contributed by atoms with E-state index < -0.39 is 5.97 Å². The molecule has 1 aromatic heterocycles. The molecule has 0 saturated carbocycles. The lowest BCUT2D eigenvalue weighted by Gasteiger charge is -1.97. The van der Waals surface area contributed by atoms with Crippen LogP contribution in [0.3, 0.4) is 0 Å². The topological polar surface area (TPSA) is 66.0 Å². The molecular weight excluding hydrogens is 260 g/mol. The maximum atomic E-state index is 10.5. The van der Waals surface area contributed by atoms with Crippen molar-refractivity contribution in [1.82, 2.24) is 10.2 Å². The van der Waals surface area contributed by atoms with Crippen LogP contribution in [0.4, 0.5) is 0 Å². The molecule has 1 heterocycles. The number of aliphatic carboxylic acids is 1. The highest BCUT2D eigenvalue weighted by Crippen LogP contribution is 2.25. The van der Waals surface area contributed by atoms with Crippen molar-refractivity contribution < 1.29 is 9.90 Å². The Bertz CT molecular complexity index is 507. The average molecular weight is 269 g/mol. The van der Waals surface area contributed by atoms with Crippen LogP contribution in [0.25, 0.3) is 10.9 Å². The molecule has 15 heavy (non-hydrogen) atoms. The summed E-state index contributed by atoms with van der Waals surface area (Å²) < 4.78 is 0.939. The van der Waals surface area contributed by atoms with Crippen LogP contribution in [0.2, 0.25) is 0 Å². The predicted molar refractivity (Wildman–Crippen MR) is 59.8 cm³/mol. The molecule has 0 spiro atoms. The number of aromatic amines is 1. The molecule has 0 unspecified atom stereocenters. The zero-order chi connectivity index (χ0) is 10.8. The number of H-pyrrole nitrogens is 1. The fourth-order valence-corrected chi connectivity index (χ4v) is 2.10. The lowest BCUT2D eigenvalue weighted by molar-refractivity contribution is -0.136. The first-order chi connectivity index (χ1) is 7.18. The Kier molecular flexibility index (Phi) is 2.73. The van der Waals surface area contributed by atoms with Crippen molar-refractivity contribution in [2.45, 2.75) is 12.8 Å². The van der Waals surface area contributed by atoms with E-state index in [2.05, 4.69) is 26.1 Å². The Labute approximate surface area is 94.4 Å². The summed E-state index contributed by atoms with van der Waals surface area (Å²) in [5.41, 5.74) is 1.71. The van der Waals surface area contributed by atoms with Crippen molar-refractivity contribution in [3.8, 4) is 0 Å². The summed E-state index contributed by atoms with van der Waals surface area (Å²) >= 11 is 3.43. The van der Waals surface area contributed by atoms with Gasteiger partial charge >= 0.3 is 5.97 Å². The van der Waals surface area contributed by atoms with Crippen LogP contribution in [-0.2, 0) is 11.2 Å². The van der Waals surface area contributed by atoms with Crippen LogP contribution in [0.15, 0.2) is 22.7 Å². The number of hydrogen-bond acceptors (Lipinski definition) is 2. The van der Waals surface area contributed by atoms with Crippen LogP contribution in [0.5, 0.6) is 0 Å². The monoisotopic (exact) mass is 268 g/mol. The normalized spacial score (nSPS) is 10.7. The molecule has 2 aromatic rings. The van der Waals surface area contributed by atoms with Gasteiger partial charge < -0.3 is 5.11 Å². The number of benzene rings is 1. The summed E-state index contributed by atoms with van der Waals surface area (Å²) in [6.07, 6.45) is 0.576. The van der Waals surface area contributed by atoms with E-state index >= 15 is 0 Å². The number of carboxylic acid groups (broad SMARTS) is 1. The number of hydrogen-bond donors (Lipinski definition) is 2. The van der Waals surface area contributed by atoms with E-state index in [-0.39, 0.29) is 6.42 Å². The first kappa shape index (κ1) is 10.2. The summed E-state index contributed by atoms with van der Waals surface area (Å²) in [4.78, 5) is 10.5. The molecule has 2 N–H and O–H groups in total. The molecule has 0 bridgehead atoms. The summed E-state index contributed by atoms with van der Waals surface area (Å²) in [6, 6.07) is 5.71. The number of carbonyl (C=O) groups is 1. The Morgan fingerprint density at radius 3 is 3.07 bits per heavy atom. The molecule has 0 radical (unpaired) electrons. The van der Waals surface area contributed by atoms with Crippen LogP contribution in [-0.4, -0.2) is 21.3 Å². The Balaban J connectivity index is 2.39. The van der Waals surface area contributed by atoms with Gasteiger partial charge in [0.15, 0.2) is 0 Å². The van der Waals surface area contributed by atoms with Crippen molar-refractivity contribution in [2.24, 2.45) is 0 Å². The quantitative estimate of drug-likeness (QED) is 0.898. The maximum absolute atomic E-state index is 10.5. The van der Waals surface area contributed by atoms with E-state index in [9.17, 15) is 4.79 Å². The number of aromatic nitrogens is 2. The maximum Gasteiger partial charge on any atom is 0.303 e. The third kappa shape index (κ3) is 2.02. The number of aryl methyl sites for hydroxylation is 1. The van der Waals surface area contributed by atoms with Gasteiger partial charge in [-0.15, -0.1) is 0 Å².